The molecule has 0 unspecified atom stereocenters. The Morgan fingerprint density at radius 1 is 1.08 bits per heavy atom. The average molecular weight is 395 g/mol. The monoisotopic (exact) mass is 394 g/mol. The molecule has 0 aliphatic carbocycles. The fraction of sp³-hybridized carbons (Fsp3) is 0.278. The van der Waals surface area contributed by atoms with Gasteiger partial charge in [-0.25, -0.2) is 4.79 Å². The van der Waals surface area contributed by atoms with E-state index in [4.69, 9.17) is 14.2 Å². The third kappa shape index (κ3) is 4.41. The van der Waals surface area contributed by atoms with Gasteiger partial charge < -0.3 is 18.9 Å². The Labute approximate surface area is 149 Å². The Hall–Kier alpha value is -2.21. The van der Waals surface area contributed by atoms with Crippen molar-refractivity contribution >= 4 is 22.1 Å². The minimum atomic E-state index is -0.794. The minimum Gasteiger partial charge on any atom is -0.496 e. The summed E-state index contributed by atoms with van der Waals surface area (Å²) < 4.78 is 21.8. The van der Waals surface area contributed by atoms with Crippen LogP contribution in [0, 0.1) is 0 Å². The molecule has 0 fully saturated rings. The van der Waals surface area contributed by atoms with Crippen LogP contribution in [-0.2, 0) is 17.8 Å². The lowest BCUT2D eigenvalue weighted by molar-refractivity contribution is 0.120. The van der Waals surface area contributed by atoms with Gasteiger partial charge >= 0.3 is 6.16 Å². The molecule has 5 nitrogen and oxygen atoms in total. The van der Waals surface area contributed by atoms with Gasteiger partial charge in [-0.3, -0.25) is 0 Å². The standard InChI is InChI=1S/C18H19BrO5/c1-4-12-8-9-17(14(19)10-12)23-11-13-15(21-2)6-5-7-16(13)24-18(20)22-3/h5-10H,4,11H2,1-3H3. The minimum absolute atomic E-state index is 0.181. The maximum Gasteiger partial charge on any atom is 0.513 e. The number of methoxy groups -OCH3 is 2. The summed E-state index contributed by atoms with van der Waals surface area (Å²) in [4.78, 5) is 11.4. The summed E-state index contributed by atoms with van der Waals surface area (Å²) in [5.74, 6) is 1.60. The highest BCUT2D eigenvalue weighted by Crippen LogP contribution is 2.32. The van der Waals surface area contributed by atoms with Crippen LogP contribution in [0.25, 0.3) is 0 Å². The first kappa shape index (κ1) is 18.1. The number of aryl methyl sites for hydroxylation is 1. The fourth-order valence-corrected chi connectivity index (χ4v) is 2.68. The molecule has 6 heteroatoms. The number of carbonyl (C=O) groups excluding carboxylic acids is 1. The first-order valence-corrected chi connectivity index (χ1v) is 8.21. The first-order valence-electron chi connectivity index (χ1n) is 7.42. The molecule has 2 aromatic rings. The highest BCUT2D eigenvalue weighted by atomic mass is 79.9. The molecule has 0 saturated heterocycles. The van der Waals surface area contributed by atoms with E-state index in [2.05, 4.69) is 27.6 Å². The zero-order chi connectivity index (χ0) is 17.5. The summed E-state index contributed by atoms with van der Waals surface area (Å²) >= 11 is 3.51. The number of hydrogen-bond donors (Lipinski definition) is 0. The number of ether oxygens (including phenoxy) is 4. The molecule has 2 rings (SSSR count). The third-order valence-corrected chi connectivity index (χ3v) is 4.07. The van der Waals surface area contributed by atoms with Crippen LogP contribution in [0.4, 0.5) is 4.79 Å². The molecular weight excluding hydrogens is 376 g/mol. The number of hydrogen-bond acceptors (Lipinski definition) is 5. The van der Waals surface area contributed by atoms with E-state index in [0.717, 1.165) is 10.9 Å². The van der Waals surface area contributed by atoms with Gasteiger partial charge in [0.25, 0.3) is 0 Å². The van der Waals surface area contributed by atoms with Gasteiger partial charge in [0.15, 0.2) is 0 Å². The van der Waals surface area contributed by atoms with Crippen molar-refractivity contribution in [3.63, 3.8) is 0 Å². The number of benzene rings is 2. The molecule has 0 atom stereocenters. The maximum absolute atomic E-state index is 11.4. The van der Waals surface area contributed by atoms with Gasteiger partial charge in [-0.15, -0.1) is 0 Å². The molecule has 128 valence electrons. The third-order valence-electron chi connectivity index (χ3n) is 3.45. The Morgan fingerprint density at radius 3 is 2.46 bits per heavy atom. The predicted molar refractivity (Wildman–Crippen MR) is 93.9 cm³/mol. The number of rotatable bonds is 6. The zero-order valence-electron chi connectivity index (χ0n) is 13.8. The van der Waals surface area contributed by atoms with Gasteiger partial charge in [0.1, 0.15) is 23.9 Å². The summed E-state index contributed by atoms with van der Waals surface area (Å²) in [5.41, 5.74) is 1.83. The van der Waals surface area contributed by atoms with Crippen LogP contribution in [0.3, 0.4) is 0 Å². The van der Waals surface area contributed by atoms with Crippen LogP contribution >= 0.6 is 15.9 Å². The fourth-order valence-electron chi connectivity index (χ4n) is 2.14. The van der Waals surface area contributed by atoms with E-state index >= 15 is 0 Å². The summed E-state index contributed by atoms with van der Waals surface area (Å²) in [6, 6.07) is 11.1. The van der Waals surface area contributed by atoms with E-state index in [1.807, 2.05) is 18.2 Å². The van der Waals surface area contributed by atoms with Gasteiger partial charge in [-0.05, 0) is 52.2 Å². The topological polar surface area (TPSA) is 54.0 Å². The lowest BCUT2D eigenvalue weighted by atomic mass is 10.1. The molecule has 24 heavy (non-hydrogen) atoms. The lowest BCUT2D eigenvalue weighted by Crippen LogP contribution is -2.10. The van der Waals surface area contributed by atoms with Gasteiger partial charge in [0.2, 0.25) is 0 Å². The van der Waals surface area contributed by atoms with Crippen molar-refractivity contribution in [2.24, 2.45) is 0 Å². The van der Waals surface area contributed by atoms with Crippen LogP contribution in [0.15, 0.2) is 40.9 Å². The van der Waals surface area contributed by atoms with Gasteiger partial charge in [0.05, 0.1) is 24.3 Å². The highest BCUT2D eigenvalue weighted by molar-refractivity contribution is 9.10. The first-order chi connectivity index (χ1) is 11.6. The second kappa shape index (κ2) is 8.59. The van der Waals surface area contributed by atoms with Crippen molar-refractivity contribution in [2.45, 2.75) is 20.0 Å². The molecule has 0 aromatic heterocycles. The van der Waals surface area contributed by atoms with Crippen molar-refractivity contribution in [1.29, 1.82) is 0 Å². The molecule has 0 aliphatic heterocycles. The molecule has 0 aliphatic rings. The van der Waals surface area contributed by atoms with E-state index in [-0.39, 0.29) is 6.61 Å². The van der Waals surface area contributed by atoms with Crippen LogP contribution in [-0.4, -0.2) is 20.4 Å². The molecule has 0 radical (unpaired) electrons. The summed E-state index contributed by atoms with van der Waals surface area (Å²) in [6.45, 7) is 2.27. The van der Waals surface area contributed by atoms with E-state index in [1.165, 1.54) is 12.7 Å². The second-order valence-electron chi connectivity index (χ2n) is 4.90. The van der Waals surface area contributed by atoms with Crippen molar-refractivity contribution in [1.82, 2.24) is 0 Å². The molecule has 0 amide bonds. The predicted octanol–water partition coefficient (Wildman–Crippen LogP) is 4.74. The quantitative estimate of drug-likeness (QED) is 0.522. The van der Waals surface area contributed by atoms with Crippen molar-refractivity contribution < 1.29 is 23.7 Å². The Kier molecular flexibility index (Phi) is 6.49. The Balaban J connectivity index is 2.23. The number of carbonyl (C=O) groups is 1. The van der Waals surface area contributed by atoms with Crippen LogP contribution in [0.2, 0.25) is 0 Å². The molecule has 0 N–H and O–H groups in total. The smallest absolute Gasteiger partial charge is 0.496 e. The van der Waals surface area contributed by atoms with E-state index in [0.29, 0.717) is 22.8 Å². The zero-order valence-corrected chi connectivity index (χ0v) is 15.4. The molecule has 0 saturated carbocycles. The van der Waals surface area contributed by atoms with Gasteiger partial charge in [-0.2, -0.15) is 0 Å². The van der Waals surface area contributed by atoms with Crippen LogP contribution in [0.1, 0.15) is 18.1 Å². The molecule has 2 aromatic carbocycles. The second-order valence-corrected chi connectivity index (χ2v) is 5.75. The van der Waals surface area contributed by atoms with Gasteiger partial charge in [-0.1, -0.05) is 19.1 Å². The lowest BCUT2D eigenvalue weighted by Gasteiger charge is -2.15. The van der Waals surface area contributed by atoms with Crippen molar-refractivity contribution in [3.8, 4) is 17.2 Å². The van der Waals surface area contributed by atoms with Crippen molar-refractivity contribution in [2.75, 3.05) is 14.2 Å². The van der Waals surface area contributed by atoms with Crippen molar-refractivity contribution in [3.05, 3.63) is 52.0 Å². The normalized spacial score (nSPS) is 10.2. The molecule has 0 heterocycles. The highest BCUT2D eigenvalue weighted by Gasteiger charge is 2.15. The van der Waals surface area contributed by atoms with Crippen LogP contribution in [0.5, 0.6) is 17.2 Å². The molecular formula is C18H19BrO5. The van der Waals surface area contributed by atoms with E-state index < -0.39 is 6.16 Å². The molecule has 0 spiro atoms. The number of halogens is 1. The Bertz CT molecular complexity index is 715. The SMILES string of the molecule is CCc1ccc(OCc2c(OC)cccc2OC(=O)OC)c(Br)c1. The molecule has 0 bridgehead atoms. The Morgan fingerprint density at radius 2 is 1.83 bits per heavy atom. The van der Waals surface area contributed by atoms with Crippen LogP contribution < -0.4 is 14.2 Å². The van der Waals surface area contributed by atoms with E-state index in [9.17, 15) is 4.79 Å². The maximum atomic E-state index is 11.4. The summed E-state index contributed by atoms with van der Waals surface area (Å²) in [7, 11) is 2.80. The van der Waals surface area contributed by atoms with Gasteiger partial charge in [0, 0.05) is 0 Å². The summed E-state index contributed by atoms with van der Waals surface area (Å²) in [5, 5.41) is 0. The van der Waals surface area contributed by atoms with E-state index in [1.54, 1.807) is 25.3 Å². The largest absolute Gasteiger partial charge is 0.513 e. The average Bonchev–Trinajstić information content (AvgIpc) is 2.60. The summed E-state index contributed by atoms with van der Waals surface area (Å²) in [6.07, 6.45) is 0.153.